The Bertz CT molecular complexity index is 112. The molecule has 0 saturated heterocycles. The zero-order chi connectivity index (χ0) is 7.28. The van der Waals surface area contributed by atoms with Gasteiger partial charge in [0.05, 0.1) is 0 Å². The summed E-state index contributed by atoms with van der Waals surface area (Å²) in [5.41, 5.74) is 1.28. The zero-order valence-electron chi connectivity index (χ0n) is 6.52. The van der Waals surface area contributed by atoms with Crippen molar-refractivity contribution in [2.24, 2.45) is 0 Å². The fraction of sp³-hybridized carbons (Fsp3) is 0.500. The van der Waals surface area contributed by atoms with Gasteiger partial charge in [-0.2, -0.15) is 0 Å². The van der Waals surface area contributed by atoms with Gasteiger partial charge < -0.3 is 4.90 Å². The molecule has 0 aliphatic rings. The smallest absolute Gasteiger partial charge is 0.0224 e. The number of allylic oxidation sites excluding steroid dienone is 1. The highest BCUT2D eigenvalue weighted by molar-refractivity contribution is 5.16. The van der Waals surface area contributed by atoms with E-state index in [1.807, 2.05) is 27.1 Å². The maximum Gasteiger partial charge on any atom is 0.0224 e. The monoisotopic (exact) mass is 125 g/mol. The van der Waals surface area contributed by atoms with E-state index in [4.69, 9.17) is 0 Å². The molecule has 52 valence electrons. The number of rotatable bonds is 3. The second kappa shape index (κ2) is 4.33. The Balaban J connectivity index is 3.71. The molecule has 0 fully saturated rings. The third-order valence-corrected chi connectivity index (χ3v) is 1.13. The van der Waals surface area contributed by atoms with E-state index in [0.717, 1.165) is 6.54 Å². The minimum atomic E-state index is 0.986. The zero-order valence-corrected chi connectivity index (χ0v) is 6.52. The van der Waals surface area contributed by atoms with Gasteiger partial charge in [0.25, 0.3) is 0 Å². The van der Waals surface area contributed by atoms with Crippen LogP contribution in [0.2, 0.25) is 0 Å². The fourth-order valence-electron chi connectivity index (χ4n) is 0.639. The minimum absolute atomic E-state index is 0.986. The van der Waals surface area contributed by atoms with Crippen molar-refractivity contribution in [2.75, 3.05) is 20.6 Å². The quantitative estimate of drug-likeness (QED) is 0.519. The van der Waals surface area contributed by atoms with Crippen LogP contribution in [-0.2, 0) is 0 Å². The van der Waals surface area contributed by atoms with Gasteiger partial charge in [-0.05, 0) is 26.6 Å². The molecular weight excluding hydrogens is 110 g/mol. The van der Waals surface area contributed by atoms with Crippen LogP contribution < -0.4 is 0 Å². The van der Waals surface area contributed by atoms with Crippen LogP contribution in [-0.4, -0.2) is 25.5 Å². The van der Waals surface area contributed by atoms with E-state index in [0.29, 0.717) is 0 Å². The van der Waals surface area contributed by atoms with Crippen LogP contribution in [0.3, 0.4) is 0 Å². The Labute approximate surface area is 57.7 Å². The van der Waals surface area contributed by atoms with Crippen LogP contribution in [0.5, 0.6) is 0 Å². The molecule has 0 aromatic heterocycles. The molecule has 0 amide bonds. The van der Waals surface area contributed by atoms with E-state index in [9.17, 15) is 0 Å². The van der Waals surface area contributed by atoms with Gasteiger partial charge in [-0.25, -0.2) is 0 Å². The molecule has 0 heterocycles. The number of nitrogens with zero attached hydrogens (tertiary/aromatic N) is 1. The topological polar surface area (TPSA) is 3.24 Å². The van der Waals surface area contributed by atoms with Crippen molar-refractivity contribution in [2.45, 2.75) is 6.92 Å². The first-order valence-corrected chi connectivity index (χ1v) is 3.13. The van der Waals surface area contributed by atoms with E-state index in [-0.39, 0.29) is 0 Å². The lowest BCUT2D eigenvalue weighted by molar-refractivity contribution is 0.449. The Morgan fingerprint density at radius 1 is 1.56 bits per heavy atom. The van der Waals surface area contributed by atoms with Crippen molar-refractivity contribution in [1.82, 2.24) is 4.90 Å². The first-order chi connectivity index (χ1) is 4.20. The number of likely N-dealkylation sites (N-methyl/N-ethyl adjacent to an activating group) is 1. The van der Waals surface area contributed by atoms with Gasteiger partial charge in [0.2, 0.25) is 0 Å². The van der Waals surface area contributed by atoms with Crippen LogP contribution >= 0.6 is 0 Å². The van der Waals surface area contributed by atoms with Crippen molar-refractivity contribution in [3.63, 3.8) is 0 Å². The maximum absolute atomic E-state index is 3.69. The average molecular weight is 125 g/mol. The van der Waals surface area contributed by atoms with Gasteiger partial charge in [0.15, 0.2) is 0 Å². The standard InChI is InChI=1S/C8H15N/c1-5-8(6-2)7-9(3)4/h5-6H,1,7H2,2-4H3. The van der Waals surface area contributed by atoms with E-state index in [2.05, 4.69) is 17.6 Å². The molecule has 0 spiro atoms. The molecule has 0 aliphatic carbocycles. The lowest BCUT2D eigenvalue weighted by Gasteiger charge is -2.08. The van der Waals surface area contributed by atoms with E-state index in [1.54, 1.807) is 0 Å². The molecule has 0 N–H and O–H groups in total. The molecule has 9 heavy (non-hydrogen) atoms. The number of hydrogen-bond acceptors (Lipinski definition) is 1. The molecule has 0 bridgehead atoms. The molecule has 0 unspecified atom stereocenters. The lowest BCUT2D eigenvalue weighted by Crippen LogP contribution is -2.13. The third-order valence-electron chi connectivity index (χ3n) is 1.13. The van der Waals surface area contributed by atoms with Gasteiger partial charge in [-0.15, -0.1) is 0 Å². The first kappa shape index (κ1) is 8.44. The summed E-state index contributed by atoms with van der Waals surface area (Å²) in [5, 5.41) is 0. The molecule has 0 atom stereocenters. The number of hydrogen-bond donors (Lipinski definition) is 0. The van der Waals surface area contributed by atoms with E-state index in [1.165, 1.54) is 5.57 Å². The summed E-state index contributed by atoms with van der Waals surface area (Å²) in [6, 6.07) is 0. The lowest BCUT2D eigenvalue weighted by atomic mass is 10.2. The van der Waals surface area contributed by atoms with Gasteiger partial charge in [0.1, 0.15) is 0 Å². The van der Waals surface area contributed by atoms with Crippen LogP contribution in [0, 0.1) is 0 Å². The summed E-state index contributed by atoms with van der Waals surface area (Å²) in [7, 11) is 4.10. The second-order valence-electron chi connectivity index (χ2n) is 2.31. The fourth-order valence-corrected chi connectivity index (χ4v) is 0.639. The van der Waals surface area contributed by atoms with Gasteiger partial charge >= 0.3 is 0 Å². The highest BCUT2D eigenvalue weighted by Gasteiger charge is 1.90. The van der Waals surface area contributed by atoms with Gasteiger partial charge in [-0.3, -0.25) is 0 Å². The predicted molar refractivity (Wildman–Crippen MR) is 42.5 cm³/mol. The molecule has 0 rings (SSSR count). The van der Waals surface area contributed by atoms with Crippen molar-refractivity contribution < 1.29 is 0 Å². The molecule has 0 aromatic carbocycles. The Kier molecular flexibility index (Phi) is 4.06. The molecule has 0 aromatic rings. The first-order valence-electron chi connectivity index (χ1n) is 3.13. The molecular formula is C8H15N. The molecule has 0 radical (unpaired) electrons. The van der Waals surface area contributed by atoms with Gasteiger partial charge in [0, 0.05) is 6.54 Å². The highest BCUT2D eigenvalue weighted by Crippen LogP contribution is 1.95. The molecule has 1 heteroatoms. The van der Waals surface area contributed by atoms with E-state index >= 15 is 0 Å². The van der Waals surface area contributed by atoms with Crippen molar-refractivity contribution in [3.8, 4) is 0 Å². The van der Waals surface area contributed by atoms with Crippen molar-refractivity contribution in [1.29, 1.82) is 0 Å². The Morgan fingerprint density at radius 3 is 2.22 bits per heavy atom. The minimum Gasteiger partial charge on any atom is -0.305 e. The second-order valence-corrected chi connectivity index (χ2v) is 2.31. The van der Waals surface area contributed by atoms with Crippen molar-refractivity contribution >= 4 is 0 Å². The van der Waals surface area contributed by atoms with Gasteiger partial charge in [-0.1, -0.05) is 18.7 Å². The summed E-state index contributed by atoms with van der Waals surface area (Å²) in [5.74, 6) is 0. The van der Waals surface area contributed by atoms with E-state index < -0.39 is 0 Å². The maximum atomic E-state index is 3.69. The molecule has 0 aliphatic heterocycles. The van der Waals surface area contributed by atoms with Crippen LogP contribution in [0.4, 0.5) is 0 Å². The molecule has 0 saturated carbocycles. The van der Waals surface area contributed by atoms with Crippen molar-refractivity contribution in [3.05, 3.63) is 24.3 Å². The summed E-state index contributed by atoms with van der Waals surface area (Å²) in [6.45, 7) is 6.70. The highest BCUT2D eigenvalue weighted by atomic mass is 15.0. The normalized spacial score (nSPS) is 12.2. The SMILES string of the molecule is C=CC(=CC)CN(C)C. The summed E-state index contributed by atoms with van der Waals surface area (Å²) < 4.78 is 0. The van der Waals surface area contributed by atoms with Crippen LogP contribution in [0.1, 0.15) is 6.92 Å². The summed E-state index contributed by atoms with van der Waals surface area (Å²) in [4.78, 5) is 2.12. The third kappa shape index (κ3) is 3.98. The summed E-state index contributed by atoms with van der Waals surface area (Å²) in [6.07, 6.45) is 3.97. The Hall–Kier alpha value is -0.560. The molecule has 1 nitrogen and oxygen atoms in total. The Morgan fingerprint density at radius 2 is 2.11 bits per heavy atom. The average Bonchev–Trinajstić information content (AvgIpc) is 1.82. The van der Waals surface area contributed by atoms with Crippen LogP contribution in [0.15, 0.2) is 24.3 Å². The van der Waals surface area contributed by atoms with Crippen LogP contribution in [0.25, 0.3) is 0 Å². The largest absolute Gasteiger partial charge is 0.305 e. The summed E-state index contributed by atoms with van der Waals surface area (Å²) >= 11 is 0. The predicted octanol–water partition coefficient (Wildman–Crippen LogP) is 1.68.